The summed E-state index contributed by atoms with van der Waals surface area (Å²) in [5.41, 5.74) is 2.31. The second-order valence-corrected chi connectivity index (χ2v) is 12.9. The number of rotatable bonds is 14. The smallest absolute Gasteiger partial charge is 0.338 e. The lowest BCUT2D eigenvalue weighted by atomic mass is 9.87. The molecule has 248 valence electrons. The van der Waals surface area contributed by atoms with E-state index in [1.165, 1.54) is 0 Å². The van der Waals surface area contributed by atoms with Gasteiger partial charge in [-0.1, -0.05) is 69.7 Å². The predicted molar refractivity (Wildman–Crippen MR) is 198 cm³/mol. The van der Waals surface area contributed by atoms with E-state index in [0.717, 1.165) is 65.3 Å². The monoisotopic (exact) mass is 668 g/mol. The van der Waals surface area contributed by atoms with Crippen molar-refractivity contribution in [2.45, 2.75) is 59.0 Å². The van der Waals surface area contributed by atoms with Crippen LogP contribution in [0.5, 0.6) is 5.75 Å². The molecule has 0 saturated carbocycles. The Morgan fingerprint density at radius 2 is 1.63 bits per heavy atom. The lowest BCUT2D eigenvalue weighted by Crippen LogP contribution is -2.25. The van der Waals surface area contributed by atoms with E-state index in [2.05, 4.69) is 36.2 Å². The molecular weight excluding hydrogens is 629 g/mol. The number of allylic oxidation sites excluding steroid dienone is 1. The van der Waals surface area contributed by atoms with Crippen molar-refractivity contribution in [3.63, 3.8) is 0 Å². The Labute approximate surface area is 293 Å². The van der Waals surface area contributed by atoms with E-state index in [9.17, 15) is 15.3 Å². The normalized spacial score (nSPS) is 15.5. The Morgan fingerprint density at radius 1 is 1.00 bits per heavy atom. The van der Waals surface area contributed by atoms with Gasteiger partial charge in [0.05, 0.1) is 6.57 Å². The Balaban J connectivity index is 1.66. The molecule has 4 rings (SSSR count). The van der Waals surface area contributed by atoms with Gasteiger partial charge < -0.3 is 14.4 Å². The van der Waals surface area contributed by atoms with E-state index in [-0.39, 0.29) is 17.0 Å². The van der Waals surface area contributed by atoms with Crippen LogP contribution in [0, 0.1) is 29.2 Å². The molecule has 49 heavy (non-hydrogen) atoms. The van der Waals surface area contributed by atoms with Crippen LogP contribution >= 0.6 is 11.3 Å². The first-order chi connectivity index (χ1) is 23.7. The molecule has 0 bridgehead atoms. The number of ether oxygens (including phenoxy) is 2. The van der Waals surface area contributed by atoms with Crippen molar-refractivity contribution in [3.05, 3.63) is 134 Å². The minimum atomic E-state index is -1.07. The average molecular weight is 669 g/mol. The fourth-order valence-electron chi connectivity index (χ4n) is 5.36. The molecule has 1 atom stereocenters. The highest BCUT2D eigenvalue weighted by atomic mass is 32.1. The first-order valence-corrected chi connectivity index (χ1v) is 17.1. The van der Waals surface area contributed by atoms with Crippen molar-refractivity contribution in [3.8, 4) is 17.9 Å². The lowest BCUT2D eigenvalue weighted by Gasteiger charge is -2.28. The van der Waals surface area contributed by atoms with Crippen LogP contribution in [-0.4, -0.2) is 19.1 Å². The zero-order valence-corrected chi connectivity index (χ0v) is 29.3. The van der Waals surface area contributed by atoms with Crippen molar-refractivity contribution >= 4 is 41.2 Å². The SMILES string of the molecule is [C-]#[N+]C1=C(/C=C/c2ccc(/C=C/c3ccc(N(CCCC)CCCC)cc3OC(=O)C(=C)C)s2)C(C)(c2ccccc2)OC1=C(C#N)C#N. The number of anilines is 1. The molecule has 2 heterocycles. The van der Waals surface area contributed by atoms with Crippen LogP contribution in [0.4, 0.5) is 5.69 Å². The maximum atomic E-state index is 12.6. The average Bonchev–Trinajstić information content (AvgIpc) is 3.69. The highest BCUT2D eigenvalue weighted by Crippen LogP contribution is 2.47. The first kappa shape index (κ1) is 36.2. The summed E-state index contributed by atoms with van der Waals surface area (Å²) in [5, 5.41) is 19.1. The number of nitrogens with zero attached hydrogens (tertiary/aromatic N) is 4. The molecule has 0 fully saturated rings. The number of nitriles is 2. The molecule has 7 nitrogen and oxygen atoms in total. The van der Waals surface area contributed by atoms with Gasteiger partial charge >= 0.3 is 5.97 Å². The van der Waals surface area contributed by atoms with Gasteiger partial charge in [0, 0.05) is 51.3 Å². The third-order valence-corrected chi connectivity index (χ3v) is 9.16. The third-order valence-electron chi connectivity index (χ3n) is 8.14. The van der Waals surface area contributed by atoms with E-state index in [1.807, 2.05) is 98.0 Å². The van der Waals surface area contributed by atoms with Crippen LogP contribution in [0.25, 0.3) is 23.1 Å². The van der Waals surface area contributed by atoms with E-state index >= 15 is 0 Å². The summed E-state index contributed by atoms with van der Waals surface area (Å²) in [6.45, 7) is 21.4. The number of hydrogen-bond donors (Lipinski definition) is 0. The molecule has 0 spiro atoms. The van der Waals surface area contributed by atoms with Crippen LogP contribution in [0.15, 0.2) is 101 Å². The fraction of sp³-hybridized carbons (Fsp3) is 0.268. The van der Waals surface area contributed by atoms with Gasteiger partial charge in [-0.25, -0.2) is 9.64 Å². The minimum Gasteiger partial charge on any atom is -0.488 e. The number of benzene rings is 2. The van der Waals surface area contributed by atoms with Crippen molar-refractivity contribution < 1.29 is 14.3 Å². The Morgan fingerprint density at radius 3 is 2.20 bits per heavy atom. The Bertz CT molecular complexity index is 1920. The quantitative estimate of drug-likeness (QED) is 0.0558. The minimum absolute atomic E-state index is 0.00572. The predicted octanol–water partition coefficient (Wildman–Crippen LogP) is 10.2. The van der Waals surface area contributed by atoms with Crippen LogP contribution in [0.2, 0.25) is 0 Å². The van der Waals surface area contributed by atoms with Gasteiger partial charge in [-0.05, 0) is 74.7 Å². The number of unbranched alkanes of at least 4 members (excludes halogenated alkanes) is 2. The molecule has 2 aromatic carbocycles. The Kier molecular flexibility index (Phi) is 12.5. The first-order valence-electron chi connectivity index (χ1n) is 16.3. The molecule has 8 heteroatoms. The van der Waals surface area contributed by atoms with Crippen molar-refractivity contribution in [1.29, 1.82) is 10.5 Å². The summed E-state index contributed by atoms with van der Waals surface area (Å²) >= 11 is 1.55. The summed E-state index contributed by atoms with van der Waals surface area (Å²) < 4.78 is 12.0. The van der Waals surface area contributed by atoms with Gasteiger partial charge in [0.2, 0.25) is 5.70 Å². The van der Waals surface area contributed by atoms with E-state index in [1.54, 1.807) is 18.3 Å². The molecular formula is C41H40N4O3S. The number of carbonyl (C=O) groups is 1. The molecule has 1 aliphatic rings. The largest absolute Gasteiger partial charge is 0.488 e. The summed E-state index contributed by atoms with van der Waals surface area (Å²) in [5.74, 6) is 0.00779. The summed E-state index contributed by atoms with van der Waals surface area (Å²) in [6, 6.07) is 23.2. The van der Waals surface area contributed by atoms with Gasteiger partial charge in [-0.3, -0.25) is 0 Å². The van der Waals surface area contributed by atoms with Crippen molar-refractivity contribution in [2.24, 2.45) is 0 Å². The van der Waals surface area contributed by atoms with Crippen LogP contribution in [0.3, 0.4) is 0 Å². The number of thiophene rings is 1. The van der Waals surface area contributed by atoms with Gasteiger partial charge in [0.15, 0.2) is 11.3 Å². The maximum absolute atomic E-state index is 12.6. The number of esters is 1. The van der Waals surface area contributed by atoms with E-state index in [4.69, 9.17) is 16.0 Å². The second-order valence-electron chi connectivity index (χ2n) is 11.8. The lowest BCUT2D eigenvalue weighted by molar-refractivity contribution is -0.130. The zero-order valence-electron chi connectivity index (χ0n) is 28.5. The number of hydrogen-bond acceptors (Lipinski definition) is 7. The maximum Gasteiger partial charge on any atom is 0.338 e. The zero-order chi connectivity index (χ0) is 35.4. The van der Waals surface area contributed by atoms with E-state index < -0.39 is 11.6 Å². The Hall–Kier alpha value is -5.62. The van der Waals surface area contributed by atoms with Gasteiger partial charge in [-0.2, -0.15) is 10.5 Å². The summed E-state index contributed by atoms with van der Waals surface area (Å²) in [6.07, 6.45) is 12.0. The van der Waals surface area contributed by atoms with Crippen LogP contribution in [-0.2, 0) is 15.1 Å². The highest BCUT2D eigenvalue weighted by molar-refractivity contribution is 7.13. The molecule has 3 aromatic rings. The highest BCUT2D eigenvalue weighted by Gasteiger charge is 2.43. The molecule has 0 radical (unpaired) electrons. The molecule has 0 aliphatic carbocycles. The molecule has 0 saturated heterocycles. The van der Waals surface area contributed by atoms with Crippen LogP contribution in [0.1, 0.15) is 74.3 Å². The fourth-order valence-corrected chi connectivity index (χ4v) is 6.17. The molecule has 0 N–H and O–H groups in total. The van der Waals surface area contributed by atoms with Gasteiger partial charge in [0.1, 0.15) is 23.5 Å². The topological polar surface area (TPSA) is 90.7 Å². The van der Waals surface area contributed by atoms with Crippen LogP contribution < -0.4 is 9.64 Å². The standard InChI is InChI=1S/C41H40N4O3S/c1-7-9-24-45(25-10-8-2)33-18-16-30(37(26-33)47-40(46)29(3)4)17-19-34-20-21-35(49-34)22-23-36-38(44-6)39(31(27-42)28-43)48-41(36,5)32-14-12-11-13-15-32/h11-23,26H,3,7-10,24-25H2,1-2,4-5H3/b19-17+,23-22+. The summed E-state index contributed by atoms with van der Waals surface area (Å²) in [7, 11) is 0. The number of carbonyl (C=O) groups excluding carboxylic acids is 1. The molecule has 1 unspecified atom stereocenters. The van der Waals surface area contributed by atoms with Crippen molar-refractivity contribution in [2.75, 3.05) is 18.0 Å². The van der Waals surface area contributed by atoms with E-state index in [0.29, 0.717) is 16.9 Å². The molecule has 0 amide bonds. The molecule has 1 aromatic heterocycles. The third kappa shape index (κ3) is 8.65. The molecule has 1 aliphatic heterocycles. The van der Waals surface area contributed by atoms with Gasteiger partial charge in [0.25, 0.3) is 0 Å². The second kappa shape index (κ2) is 17.0. The van der Waals surface area contributed by atoms with Gasteiger partial charge in [-0.15, -0.1) is 11.3 Å². The van der Waals surface area contributed by atoms with Crippen molar-refractivity contribution in [1.82, 2.24) is 0 Å². The summed E-state index contributed by atoms with van der Waals surface area (Å²) in [4.78, 5) is 20.5.